The number of pyridine rings is 1. The zero-order valence-electron chi connectivity index (χ0n) is 16.3. The van der Waals surface area contributed by atoms with Crippen molar-refractivity contribution < 1.29 is 9.84 Å². The quantitative estimate of drug-likeness (QED) is 0.409. The molecule has 2 N–H and O–H groups in total. The summed E-state index contributed by atoms with van der Waals surface area (Å²) < 4.78 is 7.25. The standard InChI is InChI=1S/C24H21N3O2S/c28-18-11-7-16(8-12-18)20-4-3-15-25-23(20)29-19-13-9-17(10-14-19)26-24-27-21-5-1-2-6-22(21)30-24/h1-7,9-10,13-15,18,28H,8,11-12H2,(H,26,27). The highest BCUT2D eigenvalue weighted by Gasteiger charge is 2.17. The van der Waals surface area contributed by atoms with Crippen LogP contribution in [0.15, 0.2) is 72.9 Å². The van der Waals surface area contributed by atoms with Gasteiger partial charge in [0.05, 0.1) is 16.3 Å². The van der Waals surface area contributed by atoms with Gasteiger partial charge in [-0.3, -0.25) is 0 Å². The van der Waals surface area contributed by atoms with Gasteiger partial charge < -0.3 is 15.2 Å². The lowest BCUT2D eigenvalue weighted by Crippen LogP contribution is -2.10. The molecule has 150 valence electrons. The van der Waals surface area contributed by atoms with Crippen LogP contribution >= 0.6 is 11.3 Å². The maximum atomic E-state index is 9.75. The first-order valence-electron chi connectivity index (χ1n) is 9.97. The first-order valence-corrected chi connectivity index (χ1v) is 10.8. The Kier molecular flexibility index (Phi) is 5.17. The van der Waals surface area contributed by atoms with E-state index in [1.54, 1.807) is 17.5 Å². The van der Waals surface area contributed by atoms with Gasteiger partial charge in [-0.1, -0.05) is 29.5 Å². The lowest BCUT2D eigenvalue weighted by molar-refractivity contribution is 0.166. The largest absolute Gasteiger partial charge is 0.438 e. The maximum absolute atomic E-state index is 9.75. The van der Waals surface area contributed by atoms with Crippen LogP contribution in [0, 0.1) is 0 Å². The highest BCUT2D eigenvalue weighted by Crippen LogP contribution is 2.34. The van der Waals surface area contributed by atoms with Gasteiger partial charge in [-0.25, -0.2) is 9.97 Å². The van der Waals surface area contributed by atoms with Crippen LogP contribution in [-0.4, -0.2) is 21.2 Å². The molecule has 6 heteroatoms. The normalized spacial score (nSPS) is 16.3. The summed E-state index contributed by atoms with van der Waals surface area (Å²) in [4.78, 5) is 9.04. The number of aliphatic hydroxyl groups is 1. The van der Waals surface area contributed by atoms with E-state index in [2.05, 4.69) is 27.4 Å². The van der Waals surface area contributed by atoms with Crippen molar-refractivity contribution in [2.75, 3.05) is 5.32 Å². The second-order valence-corrected chi connectivity index (χ2v) is 8.28. The Labute approximate surface area is 178 Å². The Morgan fingerprint density at radius 1 is 1.03 bits per heavy atom. The zero-order valence-corrected chi connectivity index (χ0v) is 17.1. The van der Waals surface area contributed by atoms with E-state index in [1.165, 1.54) is 5.57 Å². The van der Waals surface area contributed by atoms with Crippen LogP contribution in [0.25, 0.3) is 15.8 Å². The number of aromatic nitrogens is 2. The molecular formula is C24H21N3O2S. The number of hydrogen-bond donors (Lipinski definition) is 2. The Bertz CT molecular complexity index is 1170. The molecule has 0 saturated heterocycles. The van der Waals surface area contributed by atoms with Gasteiger partial charge in [-0.2, -0.15) is 0 Å². The van der Waals surface area contributed by atoms with Crippen LogP contribution in [0.2, 0.25) is 0 Å². The van der Waals surface area contributed by atoms with Gasteiger partial charge in [0.1, 0.15) is 5.75 Å². The molecule has 1 atom stereocenters. The summed E-state index contributed by atoms with van der Waals surface area (Å²) in [7, 11) is 0. The molecule has 5 rings (SSSR count). The number of allylic oxidation sites excluding steroid dienone is 1. The Morgan fingerprint density at radius 3 is 2.70 bits per heavy atom. The summed E-state index contributed by atoms with van der Waals surface area (Å²) in [5, 5.41) is 14.0. The molecule has 1 aliphatic carbocycles. The summed E-state index contributed by atoms with van der Waals surface area (Å²) in [6.07, 6.45) is 5.85. The van der Waals surface area contributed by atoms with Crippen molar-refractivity contribution in [3.8, 4) is 11.6 Å². The lowest BCUT2D eigenvalue weighted by atomic mass is 9.93. The van der Waals surface area contributed by atoms with E-state index in [9.17, 15) is 5.11 Å². The zero-order chi connectivity index (χ0) is 20.3. The minimum absolute atomic E-state index is 0.245. The minimum Gasteiger partial charge on any atom is -0.438 e. The van der Waals surface area contributed by atoms with E-state index in [1.807, 2.05) is 54.6 Å². The van der Waals surface area contributed by atoms with Crippen molar-refractivity contribution in [2.45, 2.75) is 25.4 Å². The van der Waals surface area contributed by atoms with Gasteiger partial charge in [0.25, 0.3) is 0 Å². The molecule has 0 amide bonds. The number of nitrogens with one attached hydrogen (secondary N) is 1. The average Bonchev–Trinajstić information content (AvgIpc) is 3.18. The average molecular weight is 416 g/mol. The van der Waals surface area contributed by atoms with Crippen molar-refractivity contribution >= 4 is 37.9 Å². The van der Waals surface area contributed by atoms with Crippen LogP contribution in [0.1, 0.15) is 24.8 Å². The summed E-state index contributed by atoms with van der Waals surface area (Å²) in [6, 6.07) is 19.8. The van der Waals surface area contributed by atoms with E-state index in [0.29, 0.717) is 12.3 Å². The van der Waals surface area contributed by atoms with Crippen molar-refractivity contribution in [3.05, 3.63) is 78.5 Å². The van der Waals surface area contributed by atoms with Gasteiger partial charge in [0.15, 0.2) is 5.13 Å². The van der Waals surface area contributed by atoms with E-state index in [4.69, 9.17) is 4.74 Å². The lowest BCUT2D eigenvalue weighted by Gasteiger charge is -2.19. The number of fused-ring (bicyclic) bond motifs is 1. The van der Waals surface area contributed by atoms with Crippen molar-refractivity contribution in [3.63, 3.8) is 0 Å². The molecule has 30 heavy (non-hydrogen) atoms. The molecule has 0 aliphatic heterocycles. The summed E-state index contributed by atoms with van der Waals surface area (Å²) in [5.41, 5.74) is 4.11. The third-order valence-electron chi connectivity index (χ3n) is 5.11. The molecule has 5 nitrogen and oxygen atoms in total. The molecule has 2 heterocycles. The number of hydrogen-bond acceptors (Lipinski definition) is 6. The number of benzene rings is 2. The Balaban J connectivity index is 1.32. The van der Waals surface area contributed by atoms with E-state index in [-0.39, 0.29) is 6.10 Å². The topological polar surface area (TPSA) is 67.3 Å². The fourth-order valence-electron chi connectivity index (χ4n) is 3.55. The predicted octanol–water partition coefficient (Wildman–Crippen LogP) is 6.16. The number of para-hydroxylation sites is 1. The second kappa shape index (κ2) is 8.26. The van der Waals surface area contributed by atoms with Crippen molar-refractivity contribution in [2.24, 2.45) is 0 Å². The van der Waals surface area contributed by atoms with Gasteiger partial charge in [-0.05, 0) is 73.4 Å². The minimum atomic E-state index is -0.245. The SMILES string of the molecule is OC1CC=C(c2cccnc2Oc2ccc(Nc3nc4ccccc4s3)cc2)CC1. The van der Waals surface area contributed by atoms with E-state index >= 15 is 0 Å². The van der Waals surface area contributed by atoms with Crippen molar-refractivity contribution in [1.29, 1.82) is 0 Å². The number of rotatable bonds is 5. The smallest absolute Gasteiger partial charge is 0.226 e. The molecule has 0 bridgehead atoms. The van der Waals surface area contributed by atoms with E-state index in [0.717, 1.165) is 45.2 Å². The van der Waals surface area contributed by atoms with Crippen molar-refractivity contribution in [1.82, 2.24) is 9.97 Å². The van der Waals surface area contributed by atoms with Crippen LogP contribution in [0.4, 0.5) is 10.8 Å². The number of thiazole rings is 1. The molecule has 0 saturated carbocycles. The Morgan fingerprint density at radius 2 is 1.90 bits per heavy atom. The van der Waals surface area contributed by atoms with Crippen LogP contribution < -0.4 is 10.1 Å². The number of nitrogens with zero attached hydrogens (tertiary/aromatic N) is 2. The predicted molar refractivity (Wildman–Crippen MR) is 121 cm³/mol. The maximum Gasteiger partial charge on any atom is 0.226 e. The molecular weight excluding hydrogens is 394 g/mol. The summed E-state index contributed by atoms with van der Waals surface area (Å²) in [5.74, 6) is 1.31. The first kappa shape index (κ1) is 18.8. The summed E-state index contributed by atoms with van der Waals surface area (Å²) in [6.45, 7) is 0. The number of anilines is 2. The highest BCUT2D eigenvalue weighted by molar-refractivity contribution is 7.22. The molecule has 0 radical (unpaired) electrons. The molecule has 0 fully saturated rings. The second-order valence-electron chi connectivity index (χ2n) is 7.25. The monoisotopic (exact) mass is 415 g/mol. The van der Waals surface area contributed by atoms with Gasteiger partial charge >= 0.3 is 0 Å². The first-order chi connectivity index (χ1) is 14.7. The number of aliphatic hydroxyl groups excluding tert-OH is 1. The van der Waals surface area contributed by atoms with Crippen LogP contribution in [0.5, 0.6) is 11.6 Å². The fourth-order valence-corrected chi connectivity index (χ4v) is 4.43. The van der Waals surface area contributed by atoms with Gasteiger partial charge in [0.2, 0.25) is 5.88 Å². The molecule has 0 spiro atoms. The third-order valence-corrected chi connectivity index (χ3v) is 6.07. The van der Waals surface area contributed by atoms with Crippen LogP contribution in [0.3, 0.4) is 0 Å². The fraction of sp³-hybridized carbons (Fsp3) is 0.167. The highest BCUT2D eigenvalue weighted by atomic mass is 32.1. The molecule has 2 aromatic heterocycles. The summed E-state index contributed by atoms with van der Waals surface area (Å²) >= 11 is 1.63. The molecule has 2 aromatic carbocycles. The number of ether oxygens (including phenoxy) is 1. The Hall–Kier alpha value is -3.22. The van der Waals surface area contributed by atoms with Gasteiger partial charge in [0, 0.05) is 17.4 Å². The molecule has 1 aliphatic rings. The third kappa shape index (κ3) is 4.06. The van der Waals surface area contributed by atoms with Crippen LogP contribution in [-0.2, 0) is 0 Å². The van der Waals surface area contributed by atoms with Gasteiger partial charge in [-0.15, -0.1) is 0 Å². The molecule has 1 unspecified atom stereocenters. The molecule has 4 aromatic rings. The van der Waals surface area contributed by atoms with E-state index < -0.39 is 0 Å².